The number of carbonyl (C=O) groups is 1. The maximum Gasteiger partial charge on any atom is 0.415 e. The van der Waals surface area contributed by atoms with Crippen LogP contribution in [-0.2, 0) is 4.74 Å². The van der Waals surface area contributed by atoms with E-state index in [-0.39, 0.29) is 11.9 Å². The Kier molecular flexibility index (Phi) is 3.92. The monoisotopic (exact) mass is 297 g/mol. The topological polar surface area (TPSA) is 29.5 Å². The lowest BCUT2D eigenvalue weighted by Crippen LogP contribution is -2.36. The third kappa shape index (κ3) is 2.60. The average molecular weight is 297 g/mol. The number of benzene rings is 2. The first-order valence-corrected chi connectivity index (χ1v) is 7.19. The fourth-order valence-electron chi connectivity index (χ4n) is 2.60. The van der Waals surface area contributed by atoms with E-state index < -0.39 is 6.09 Å². The van der Waals surface area contributed by atoms with Crippen LogP contribution in [0.5, 0.6) is 0 Å². The van der Waals surface area contributed by atoms with Crippen LogP contribution >= 0.6 is 0 Å². The molecule has 0 radical (unpaired) electrons. The van der Waals surface area contributed by atoms with Gasteiger partial charge in [-0.15, -0.1) is 0 Å². The Balaban J connectivity index is 2.05. The third-order valence-corrected chi connectivity index (χ3v) is 3.61. The lowest BCUT2D eigenvalue weighted by Gasteiger charge is -2.33. The molecular weight excluding hydrogens is 281 g/mol. The molecule has 1 aliphatic rings. The molecule has 1 unspecified atom stereocenters. The summed E-state index contributed by atoms with van der Waals surface area (Å²) in [5.74, 6) is -0.299. The Bertz CT molecular complexity index is 709. The SMILES string of the molecule is CCOC(=O)N1c2ccccc2C=CC1c1ccc(F)cc1. The summed E-state index contributed by atoms with van der Waals surface area (Å²) in [6.07, 6.45) is 3.49. The van der Waals surface area contributed by atoms with Gasteiger partial charge in [0.05, 0.1) is 18.3 Å². The van der Waals surface area contributed by atoms with E-state index in [1.165, 1.54) is 12.1 Å². The molecule has 2 aromatic carbocycles. The van der Waals surface area contributed by atoms with Gasteiger partial charge in [0.1, 0.15) is 5.82 Å². The van der Waals surface area contributed by atoms with Crippen molar-refractivity contribution in [2.45, 2.75) is 13.0 Å². The average Bonchev–Trinajstić information content (AvgIpc) is 2.55. The van der Waals surface area contributed by atoms with Gasteiger partial charge in [0, 0.05) is 0 Å². The summed E-state index contributed by atoms with van der Waals surface area (Å²) in [5.41, 5.74) is 2.58. The molecule has 1 aliphatic heterocycles. The number of nitrogens with zero attached hydrogens (tertiary/aromatic N) is 1. The minimum absolute atomic E-state index is 0.299. The van der Waals surface area contributed by atoms with Crippen LogP contribution in [0, 0.1) is 5.82 Å². The summed E-state index contributed by atoms with van der Waals surface area (Å²) in [7, 11) is 0. The molecule has 3 nitrogen and oxygen atoms in total. The van der Waals surface area contributed by atoms with Crippen LogP contribution in [0.4, 0.5) is 14.9 Å². The van der Waals surface area contributed by atoms with Crippen LogP contribution in [0.1, 0.15) is 24.1 Å². The molecule has 0 N–H and O–H groups in total. The third-order valence-electron chi connectivity index (χ3n) is 3.61. The lowest BCUT2D eigenvalue weighted by atomic mass is 9.98. The van der Waals surface area contributed by atoms with Gasteiger partial charge in [-0.3, -0.25) is 4.90 Å². The van der Waals surface area contributed by atoms with Gasteiger partial charge in [-0.2, -0.15) is 0 Å². The first-order chi connectivity index (χ1) is 10.7. The van der Waals surface area contributed by atoms with Gasteiger partial charge in [-0.25, -0.2) is 9.18 Å². The maximum absolute atomic E-state index is 13.1. The Hall–Kier alpha value is -2.62. The van der Waals surface area contributed by atoms with Gasteiger partial charge in [-0.05, 0) is 36.2 Å². The van der Waals surface area contributed by atoms with Crippen molar-refractivity contribution in [1.29, 1.82) is 0 Å². The van der Waals surface area contributed by atoms with Gasteiger partial charge in [0.25, 0.3) is 0 Å². The van der Waals surface area contributed by atoms with E-state index in [1.54, 1.807) is 24.0 Å². The van der Waals surface area contributed by atoms with Gasteiger partial charge in [-0.1, -0.05) is 42.5 Å². The van der Waals surface area contributed by atoms with E-state index in [1.807, 2.05) is 36.4 Å². The maximum atomic E-state index is 13.1. The minimum Gasteiger partial charge on any atom is -0.449 e. The Morgan fingerprint density at radius 1 is 1.18 bits per heavy atom. The molecule has 0 fully saturated rings. The molecule has 0 spiro atoms. The molecule has 112 valence electrons. The van der Waals surface area contributed by atoms with Gasteiger partial charge < -0.3 is 4.74 Å². The van der Waals surface area contributed by atoms with E-state index in [2.05, 4.69) is 0 Å². The molecule has 1 atom stereocenters. The summed E-state index contributed by atoms with van der Waals surface area (Å²) in [5, 5.41) is 0. The van der Waals surface area contributed by atoms with Crippen LogP contribution in [0.3, 0.4) is 0 Å². The van der Waals surface area contributed by atoms with Crippen LogP contribution in [0.2, 0.25) is 0 Å². The van der Waals surface area contributed by atoms with Crippen molar-refractivity contribution in [3.05, 3.63) is 71.6 Å². The standard InChI is InChI=1S/C18H16FNO2/c1-2-22-18(21)20-16-6-4-3-5-13(16)9-12-17(20)14-7-10-15(19)11-8-14/h3-12,17H,2H2,1H3. The Morgan fingerprint density at radius 3 is 2.64 bits per heavy atom. The zero-order valence-electron chi connectivity index (χ0n) is 12.2. The highest BCUT2D eigenvalue weighted by Crippen LogP contribution is 2.36. The summed E-state index contributed by atoms with van der Waals surface area (Å²) < 4.78 is 18.3. The molecule has 2 aromatic rings. The number of fused-ring (bicyclic) bond motifs is 1. The van der Waals surface area contributed by atoms with Crippen LogP contribution in [0.15, 0.2) is 54.6 Å². The Morgan fingerprint density at radius 2 is 1.91 bits per heavy atom. The number of hydrogen-bond acceptors (Lipinski definition) is 2. The molecule has 0 aromatic heterocycles. The molecule has 0 bridgehead atoms. The molecule has 0 saturated heterocycles. The zero-order valence-corrected chi connectivity index (χ0v) is 12.2. The summed E-state index contributed by atoms with van der Waals surface area (Å²) in [6.45, 7) is 2.08. The summed E-state index contributed by atoms with van der Waals surface area (Å²) >= 11 is 0. The van der Waals surface area contributed by atoms with Crippen LogP contribution in [-0.4, -0.2) is 12.7 Å². The minimum atomic E-state index is -0.409. The number of hydrogen-bond donors (Lipinski definition) is 0. The highest BCUT2D eigenvalue weighted by molar-refractivity contribution is 5.93. The normalized spacial score (nSPS) is 16.3. The molecule has 3 rings (SSSR count). The van der Waals surface area contributed by atoms with Crippen molar-refractivity contribution in [2.75, 3.05) is 11.5 Å². The number of carbonyl (C=O) groups excluding carboxylic acids is 1. The molecular formula is C18H16FNO2. The number of rotatable bonds is 2. The van der Waals surface area contributed by atoms with Gasteiger partial charge in [0.15, 0.2) is 0 Å². The second kappa shape index (κ2) is 6.02. The second-order valence-corrected chi connectivity index (χ2v) is 4.98. The summed E-state index contributed by atoms with van der Waals surface area (Å²) in [4.78, 5) is 14.0. The quantitative estimate of drug-likeness (QED) is 0.813. The number of ether oxygens (including phenoxy) is 1. The van der Waals surface area contributed by atoms with Crippen molar-refractivity contribution in [3.63, 3.8) is 0 Å². The largest absolute Gasteiger partial charge is 0.449 e. The first kappa shape index (κ1) is 14.3. The van der Waals surface area contributed by atoms with E-state index >= 15 is 0 Å². The molecule has 0 saturated carbocycles. The fourth-order valence-corrected chi connectivity index (χ4v) is 2.60. The van der Waals surface area contributed by atoms with Crippen LogP contribution in [0.25, 0.3) is 6.08 Å². The van der Waals surface area contributed by atoms with Gasteiger partial charge >= 0.3 is 6.09 Å². The van der Waals surface area contributed by atoms with Crippen molar-refractivity contribution in [1.82, 2.24) is 0 Å². The summed E-state index contributed by atoms with van der Waals surface area (Å²) in [6, 6.07) is 13.5. The Labute approximate surface area is 128 Å². The smallest absolute Gasteiger partial charge is 0.415 e. The van der Waals surface area contributed by atoms with E-state index in [0.717, 1.165) is 16.8 Å². The van der Waals surface area contributed by atoms with Crippen molar-refractivity contribution < 1.29 is 13.9 Å². The van der Waals surface area contributed by atoms with Crippen LogP contribution < -0.4 is 4.90 Å². The lowest BCUT2D eigenvalue weighted by molar-refractivity contribution is 0.158. The highest BCUT2D eigenvalue weighted by Gasteiger charge is 2.30. The number of halogens is 1. The van der Waals surface area contributed by atoms with E-state index in [9.17, 15) is 9.18 Å². The van der Waals surface area contributed by atoms with Crippen molar-refractivity contribution in [3.8, 4) is 0 Å². The number of anilines is 1. The molecule has 1 amide bonds. The molecule has 0 aliphatic carbocycles. The number of amides is 1. The van der Waals surface area contributed by atoms with Gasteiger partial charge in [0.2, 0.25) is 0 Å². The second-order valence-electron chi connectivity index (χ2n) is 4.98. The van der Waals surface area contributed by atoms with Crippen molar-refractivity contribution in [2.24, 2.45) is 0 Å². The first-order valence-electron chi connectivity index (χ1n) is 7.19. The number of para-hydroxylation sites is 1. The molecule has 4 heteroatoms. The zero-order chi connectivity index (χ0) is 15.5. The molecule has 22 heavy (non-hydrogen) atoms. The highest BCUT2D eigenvalue weighted by atomic mass is 19.1. The van der Waals surface area contributed by atoms with E-state index in [0.29, 0.717) is 6.61 Å². The van der Waals surface area contributed by atoms with E-state index in [4.69, 9.17) is 4.74 Å². The predicted octanol–water partition coefficient (Wildman–Crippen LogP) is 4.56. The van der Waals surface area contributed by atoms with Crippen molar-refractivity contribution >= 4 is 17.9 Å². The molecule has 1 heterocycles. The fraction of sp³-hybridized carbons (Fsp3) is 0.167. The predicted molar refractivity (Wildman–Crippen MR) is 84.1 cm³/mol.